The van der Waals surface area contributed by atoms with Crippen molar-refractivity contribution in [1.82, 2.24) is 5.32 Å². The van der Waals surface area contributed by atoms with Crippen molar-refractivity contribution in [2.75, 3.05) is 0 Å². The molecule has 0 atom stereocenters. The van der Waals surface area contributed by atoms with Crippen LogP contribution in [0.5, 0.6) is 5.75 Å². The van der Waals surface area contributed by atoms with Crippen LogP contribution in [0.25, 0.3) is 0 Å². The Balaban J connectivity index is 1.63. The molecule has 1 saturated carbocycles. The summed E-state index contributed by atoms with van der Waals surface area (Å²) >= 11 is 9.64. The Morgan fingerprint density at radius 3 is 2.60 bits per heavy atom. The molecule has 0 unspecified atom stereocenters. The summed E-state index contributed by atoms with van der Waals surface area (Å²) in [5, 5.41) is 4.47. The molecule has 0 aliphatic heterocycles. The Morgan fingerprint density at radius 2 is 1.84 bits per heavy atom. The Morgan fingerprint density at radius 1 is 1.04 bits per heavy atom. The Labute approximate surface area is 164 Å². The van der Waals surface area contributed by atoms with Crippen molar-refractivity contribution in [2.45, 2.75) is 57.7 Å². The lowest BCUT2D eigenvalue weighted by Crippen LogP contribution is -2.28. The Bertz CT molecular complexity index is 683. The van der Waals surface area contributed by atoms with Gasteiger partial charge in [-0.1, -0.05) is 65.3 Å². The normalized spacial score (nSPS) is 15.8. The van der Waals surface area contributed by atoms with Crippen molar-refractivity contribution in [1.29, 1.82) is 0 Å². The standard InChI is InChI=1S/C21H25BrClNO/c22-18-10-11-21(25-15-16-6-5-7-19(23)12-16)17(13-18)14-24-20-8-3-1-2-4-9-20/h5-7,10-13,20,24H,1-4,8-9,14-15H2. The van der Waals surface area contributed by atoms with Gasteiger partial charge in [-0.05, 0) is 48.7 Å². The van der Waals surface area contributed by atoms with Crippen LogP contribution < -0.4 is 10.1 Å². The molecule has 0 radical (unpaired) electrons. The average molecular weight is 423 g/mol. The van der Waals surface area contributed by atoms with Crippen molar-refractivity contribution in [2.24, 2.45) is 0 Å². The van der Waals surface area contributed by atoms with Crippen molar-refractivity contribution < 1.29 is 4.74 Å². The van der Waals surface area contributed by atoms with E-state index < -0.39 is 0 Å². The predicted octanol–water partition coefficient (Wildman–Crippen LogP) is 6.49. The van der Waals surface area contributed by atoms with E-state index in [1.165, 1.54) is 44.1 Å². The molecule has 2 nitrogen and oxygen atoms in total. The van der Waals surface area contributed by atoms with E-state index in [1.807, 2.05) is 36.4 Å². The maximum atomic E-state index is 6.08. The lowest BCUT2D eigenvalue weighted by molar-refractivity contribution is 0.301. The van der Waals surface area contributed by atoms with Crippen LogP contribution in [0, 0.1) is 0 Å². The van der Waals surface area contributed by atoms with Crippen LogP contribution in [0.1, 0.15) is 49.7 Å². The maximum absolute atomic E-state index is 6.08. The predicted molar refractivity (Wildman–Crippen MR) is 108 cm³/mol. The molecule has 1 aliphatic carbocycles. The molecule has 1 N–H and O–H groups in total. The largest absolute Gasteiger partial charge is 0.489 e. The van der Waals surface area contributed by atoms with Crippen molar-refractivity contribution in [3.05, 3.63) is 63.1 Å². The van der Waals surface area contributed by atoms with Gasteiger partial charge in [0, 0.05) is 27.6 Å². The molecular formula is C21H25BrClNO. The number of halogens is 2. The Kier molecular flexibility index (Phi) is 7.21. The van der Waals surface area contributed by atoms with E-state index >= 15 is 0 Å². The first-order valence-electron chi connectivity index (χ1n) is 9.10. The van der Waals surface area contributed by atoms with Gasteiger partial charge in [0.1, 0.15) is 12.4 Å². The second-order valence-corrected chi connectivity index (χ2v) is 8.09. The zero-order valence-electron chi connectivity index (χ0n) is 14.4. The smallest absolute Gasteiger partial charge is 0.124 e. The molecule has 0 saturated heterocycles. The number of nitrogens with one attached hydrogen (secondary N) is 1. The van der Waals surface area contributed by atoms with Crippen LogP contribution in [-0.4, -0.2) is 6.04 Å². The van der Waals surface area contributed by atoms with Gasteiger partial charge in [0.2, 0.25) is 0 Å². The molecule has 25 heavy (non-hydrogen) atoms. The first-order valence-corrected chi connectivity index (χ1v) is 10.3. The van der Waals surface area contributed by atoms with Crippen LogP contribution in [0.15, 0.2) is 46.9 Å². The Hall–Kier alpha value is -1.03. The first-order chi connectivity index (χ1) is 12.2. The van der Waals surface area contributed by atoms with E-state index in [2.05, 4.69) is 27.3 Å². The topological polar surface area (TPSA) is 21.3 Å². The van der Waals surface area contributed by atoms with Gasteiger partial charge < -0.3 is 10.1 Å². The van der Waals surface area contributed by atoms with E-state index in [1.54, 1.807) is 0 Å². The molecule has 4 heteroatoms. The third kappa shape index (κ3) is 6.02. The fraction of sp³-hybridized carbons (Fsp3) is 0.429. The van der Waals surface area contributed by atoms with Gasteiger partial charge in [-0.15, -0.1) is 0 Å². The van der Waals surface area contributed by atoms with Gasteiger partial charge in [0.15, 0.2) is 0 Å². The van der Waals surface area contributed by atoms with E-state index in [-0.39, 0.29) is 0 Å². The van der Waals surface area contributed by atoms with Gasteiger partial charge in [-0.2, -0.15) is 0 Å². The quantitative estimate of drug-likeness (QED) is 0.537. The van der Waals surface area contributed by atoms with Gasteiger partial charge in [-0.25, -0.2) is 0 Å². The summed E-state index contributed by atoms with van der Waals surface area (Å²) in [5.41, 5.74) is 2.28. The summed E-state index contributed by atoms with van der Waals surface area (Å²) in [6.07, 6.45) is 8.01. The molecule has 134 valence electrons. The van der Waals surface area contributed by atoms with Crippen molar-refractivity contribution in [3.8, 4) is 5.75 Å². The molecule has 0 bridgehead atoms. The van der Waals surface area contributed by atoms with E-state index in [4.69, 9.17) is 16.3 Å². The molecular weight excluding hydrogens is 398 g/mol. The van der Waals surface area contributed by atoms with Crippen LogP contribution in [0.4, 0.5) is 0 Å². The molecule has 1 aliphatic rings. The highest BCUT2D eigenvalue weighted by Crippen LogP contribution is 2.25. The summed E-state index contributed by atoms with van der Waals surface area (Å²) < 4.78 is 7.16. The minimum atomic E-state index is 0.526. The van der Waals surface area contributed by atoms with Gasteiger partial charge in [0.25, 0.3) is 0 Å². The third-order valence-electron chi connectivity index (χ3n) is 4.74. The summed E-state index contributed by atoms with van der Waals surface area (Å²) in [6, 6.07) is 14.7. The highest BCUT2D eigenvalue weighted by atomic mass is 79.9. The molecule has 2 aromatic rings. The minimum absolute atomic E-state index is 0.526. The number of benzene rings is 2. The van der Waals surface area contributed by atoms with Gasteiger partial charge >= 0.3 is 0 Å². The third-order valence-corrected chi connectivity index (χ3v) is 5.47. The average Bonchev–Trinajstić information content (AvgIpc) is 2.88. The highest BCUT2D eigenvalue weighted by molar-refractivity contribution is 9.10. The number of hydrogen-bond acceptors (Lipinski definition) is 2. The lowest BCUT2D eigenvalue weighted by atomic mass is 10.1. The summed E-state index contributed by atoms with van der Waals surface area (Å²) in [7, 11) is 0. The zero-order valence-corrected chi connectivity index (χ0v) is 16.8. The molecule has 0 heterocycles. The monoisotopic (exact) mass is 421 g/mol. The number of hydrogen-bond donors (Lipinski definition) is 1. The first kappa shape index (κ1) is 18.8. The lowest BCUT2D eigenvalue weighted by Gasteiger charge is -2.18. The second kappa shape index (κ2) is 9.61. The highest BCUT2D eigenvalue weighted by Gasteiger charge is 2.13. The van der Waals surface area contributed by atoms with Gasteiger partial charge in [0.05, 0.1) is 0 Å². The maximum Gasteiger partial charge on any atom is 0.124 e. The van der Waals surface area contributed by atoms with E-state index in [0.29, 0.717) is 12.6 Å². The molecule has 3 rings (SSSR count). The summed E-state index contributed by atoms with van der Waals surface area (Å²) in [6.45, 7) is 1.37. The number of ether oxygens (including phenoxy) is 1. The second-order valence-electron chi connectivity index (χ2n) is 6.74. The van der Waals surface area contributed by atoms with Gasteiger partial charge in [-0.3, -0.25) is 0 Å². The number of rotatable bonds is 6. The van der Waals surface area contributed by atoms with E-state index in [0.717, 1.165) is 27.4 Å². The molecule has 0 aromatic heterocycles. The van der Waals surface area contributed by atoms with Crippen LogP contribution in [0.2, 0.25) is 5.02 Å². The summed E-state index contributed by atoms with van der Waals surface area (Å²) in [5.74, 6) is 0.935. The zero-order chi connectivity index (χ0) is 17.5. The SMILES string of the molecule is Clc1cccc(COc2ccc(Br)cc2CNC2CCCCCC2)c1. The van der Waals surface area contributed by atoms with Crippen LogP contribution in [-0.2, 0) is 13.2 Å². The van der Waals surface area contributed by atoms with Crippen LogP contribution >= 0.6 is 27.5 Å². The molecule has 0 spiro atoms. The fourth-order valence-electron chi connectivity index (χ4n) is 3.35. The molecule has 1 fully saturated rings. The molecule has 2 aromatic carbocycles. The van der Waals surface area contributed by atoms with Crippen molar-refractivity contribution in [3.63, 3.8) is 0 Å². The fourth-order valence-corrected chi connectivity index (χ4v) is 3.97. The van der Waals surface area contributed by atoms with Crippen molar-refractivity contribution >= 4 is 27.5 Å². The van der Waals surface area contributed by atoms with E-state index in [9.17, 15) is 0 Å². The molecule has 0 amide bonds. The van der Waals surface area contributed by atoms with Crippen LogP contribution in [0.3, 0.4) is 0 Å². The minimum Gasteiger partial charge on any atom is -0.489 e. The summed E-state index contributed by atoms with van der Waals surface area (Å²) in [4.78, 5) is 0.